The number of imidazole rings is 1. The Morgan fingerprint density at radius 1 is 1.47 bits per heavy atom. The normalized spacial score (nSPS) is 25.5. The van der Waals surface area contributed by atoms with Crippen molar-refractivity contribution >= 4 is 11.8 Å². The first kappa shape index (κ1) is 9.76. The van der Waals surface area contributed by atoms with Crippen molar-refractivity contribution in [3.8, 4) is 0 Å². The highest BCUT2D eigenvalue weighted by atomic mass is 32.2. The number of fused-ring (bicyclic) bond motifs is 1. The van der Waals surface area contributed by atoms with Gasteiger partial charge in [0.05, 0.1) is 5.69 Å². The van der Waals surface area contributed by atoms with Gasteiger partial charge in [0.25, 0.3) is 0 Å². The first-order chi connectivity index (χ1) is 7.42. The Balaban J connectivity index is 1.72. The molecule has 1 fully saturated rings. The molecule has 0 amide bonds. The molecule has 2 aliphatic rings. The van der Waals surface area contributed by atoms with Gasteiger partial charge in [-0.1, -0.05) is 0 Å². The smallest absolute Gasteiger partial charge is 0.108 e. The van der Waals surface area contributed by atoms with E-state index in [2.05, 4.69) is 22.5 Å². The van der Waals surface area contributed by atoms with Gasteiger partial charge < -0.3 is 4.57 Å². The van der Waals surface area contributed by atoms with Gasteiger partial charge in [-0.25, -0.2) is 4.98 Å². The van der Waals surface area contributed by atoms with Gasteiger partial charge in [0, 0.05) is 19.2 Å². The molecule has 1 aromatic rings. The molecule has 82 valence electrons. The van der Waals surface area contributed by atoms with Crippen molar-refractivity contribution in [1.82, 2.24) is 9.55 Å². The highest BCUT2D eigenvalue weighted by molar-refractivity contribution is 7.99. The molecule has 1 atom stereocenters. The van der Waals surface area contributed by atoms with Crippen LogP contribution in [-0.2, 0) is 19.4 Å². The van der Waals surface area contributed by atoms with Crippen LogP contribution in [0.2, 0.25) is 0 Å². The number of aromatic nitrogens is 2. The lowest BCUT2D eigenvalue weighted by Crippen LogP contribution is -2.08. The van der Waals surface area contributed by atoms with Crippen molar-refractivity contribution in [3.05, 3.63) is 17.7 Å². The summed E-state index contributed by atoms with van der Waals surface area (Å²) in [4.78, 5) is 4.77. The van der Waals surface area contributed by atoms with Crippen molar-refractivity contribution in [2.24, 2.45) is 5.92 Å². The van der Waals surface area contributed by atoms with E-state index < -0.39 is 0 Å². The Hall–Kier alpha value is -0.440. The zero-order valence-electron chi connectivity index (χ0n) is 9.11. The zero-order chi connectivity index (χ0) is 10.1. The topological polar surface area (TPSA) is 17.8 Å². The standard InChI is InChI=1S/C12H18N2S/c1-2-5-14-8-11(13-12(14)3-1)7-10-4-6-15-9-10/h8,10H,1-7,9H2. The summed E-state index contributed by atoms with van der Waals surface area (Å²) < 4.78 is 2.38. The molecular formula is C12H18N2S. The quantitative estimate of drug-likeness (QED) is 0.765. The molecule has 0 saturated carbocycles. The van der Waals surface area contributed by atoms with Gasteiger partial charge in [0.1, 0.15) is 5.82 Å². The molecule has 0 spiro atoms. The number of nitrogens with zero attached hydrogens (tertiary/aromatic N) is 2. The van der Waals surface area contributed by atoms with Crippen LogP contribution in [0.4, 0.5) is 0 Å². The summed E-state index contributed by atoms with van der Waals surface area (Å²) in [5.41, 5.74) is 1.35. The van der Waals surface area contributed by atoms with Gasteiger partial charge in [-0.3, -0.25) is 0 Å². The van der Waals surface area contributed by atoms with Crippen LogP contribution in [0.25, 0.3) is 0 Å². The van der Waals surface area contributed by atoms with E-state index in [0.717, 1.165) is 5.92 Å². The van der Waals surface area contributed by atoms with Gasteiger partial charge in [-0.05, 0) is 43.1 Å². The average molecular weight is 222 g/mol. The van der Waals surface area contributed by atoms with Crippen LogP contribution in [0.5, 0.6) is 0 Å². The molecule has 0 bridgehead atoms. The maximum atomic E-state index is 4.77. The van der Waals surface area contributed by atoms with E-state index in [-0.39, 0.29) is 0 Å². The van der Waals surface area contributed by atoms with E-state index in [9.17, 15) is 0 Å². The largest absolute Gasteiger partial charge is 0.335 e. The van der Waals surface area contributed by atoms with Gasteiger partial charge >= 0.3 is 0 Å². The Bertz CT molecular complexity index is 316. The van der Waals surface area contributed by atoms with E-state index in [1.807, 2.05) is 0 Å². The summed E-state index contributed by atoms with van der Waals surface area (Å²) >= 11 is 2.10. The molecule has 1 saturated heterocycles. The lowest BCUT2D eigenvalue weighted by Gasteiger charge is -2.11. The SMILES string of the molecule is c1c(CC2CCSC2)nc2n1CCCC2. The molecule has 0 radical (unpaired) electrons. The maximum absolute atomic E-state index is 4.77. The second kappa shape index (κ2) is 4.20. The van der Waals surface area contributed by atoms with Gasteiger partial charge in [0.15, 0.2) is 0 Å². The predicted molar refractivity (Wildman–Crippen MR) is 64.3 cm³/mol. The fourth-order valence-electron chi connectivity index (χ4n) is 2.61. The van der Waals surface area contributed by atoms with Crippen molar-refractivity contribution in [3.63, 3.8) is 0 Å². The van der Waals surface area contributed by atoms with Crippen molar-refractivity contribution < 1.29 is 0 Å². The van der Waals surface area contributed by atoms with E-state index >= 15 is 0 Å². The molecule has 2 nitrogen and oxygen atoms in total. The van der Waals surface area contributed by atoms with Crippen molar-refractivity contribution in [2.45, 2.75) is 38.6 Å². The molecule has 3 heterocycles. The molecule has 15 heavy (non-hydrogen) atoms. The molecule has 1 unspecified atom stereocenters. The summed E-state index contributed by atoms with van der Waals surface area (Å²) in [7, 11) is 0. The Labute approximate surface area is 95.5 Å². The molecule has 3 heteroatoms. The minimum Gasteiger partial charge on any atom is -0.335 e. The van der Waals surface area contributed by atoms with Gasteiger partial charge in [-0.2, -0.15) is 11.8 Å². The van der Waals surface area contributed by atoms with Gasteiger partial charge in [-0.15, -0.1) is 0 Å². The molecule has 1 aromatic heterocycles. The van der Waals surface area contributed by atoms with Gasteiger partial charge in [0.2, 0.25) is 0 Å². The number of rotatable bonds is 2. The molecule has 3 rings (SSSR count). The summed E-state index contributed by atoms with van der Waals surface area (Å²) in [6.45, 7) is 1.20. The lowest BCUT2D eigenvalue weighted by molar-refractivity contribution is 0.522. The minimum atomic E-state index is 0.895. The average Bonchev–Trinajstić information content (AvgIpc) is 2.86. The first-order valence-corrected chi connectivity index (χ1v) is 7.20. The monoisotopic (exact) mass is 222 g/mol. The third-order valence-electron chi connectivity index (χ3n) is 3.48. The molecule has 0 N–H and O–H groups in total. The fourth-order valence-corrected chi connectivity index (χ4v) is 3.89. The summed E-state index contributed by atoms with van der Waals surface area (Å²) in [6.07, 6.45) is 8.77. The Kier molecular flexibility index (Phi) is 2.74. The number of hydrogen-bond acceptors (Lipinski definition) is 2. The van der Waals surface area contributed by atoms with Crippen LogP contribution >= 0.6 is 11.8 Å². The number of thioether (sulfide) groups is 1. The Morgan fingerprint density at radius 2 is 2.47 bits per heavy atom. The maximum Gasteiger partial charge on any atom is 0.108 e. The molecule has 2 aliphatic heterocycles. The third kappa shape index (κ3) is 2.07. The fraction of sp³-hybridized carbons (Fsp3) is 0.750. The van der Waals surface area contributed by atoms with Crippen LogP contribution in [0.1, 0.15) is 30.8 Å². The molecular weight excluding hydrogens is 204 g/mol. The van der Waals surface area contributed by atoms with Crippen LogP contribution in [0.15, 0.2) is 6.20 Å². The zero-order valence-corrected chi connectivity index (χ0v) is 9.93. The second-order valence-electron chi connectivity index (χ2n) is 4.73. The van der Waals surface area contributed by atoms with E-state index in [4.69, 9.17) is 4.98 Å². The van der Waals surface area contributed by atoms with Crippen LogP contribution < -0.4 is 0 Å². The summed E-state index contributed by atoms with van der Waals surface area (Å²) in [6, 6.07) is 0. The summed E-state index contributed by atoms with van der Waals surface area (Å²) in [5, 5.41) is 0. The highest BCUT2D eigenvalue weighted by Gasteiger charge is 2.19. The van der Waals surface area contributed by atoms with E-state index in [1.54, 1.807) is 0 Å². The first-order valence-electron chi connectivity index (χ1n) is 6.04. The van der Waals surface area contributed by atoms with Crippen LogP contribution in [-0.4, -0.2) is 21.1 Å². The van der Waals surface area contributed by atoms with E-state index in [0.29, 0.717) is 0 Å². The highest BCUT2D eigenvalue weighted by Crippen LogP contribution is 2.26. The van der Waals surface area contributed by atoms with Crippen LogP contribution in [0.3, 0.4) is 0 Å². The minimum absolute atomic E-state index is 0.895. The lowest BCUT2D eigenvalue weighted by atomic mass is 10.0. The predicted octanol–water partition coefficient (Wildman–Crippen LogP) is 2.52. The van der Waals surface area contributed by atoms with Crippen molar-refractivity contribution in [2.75, 3.05) is 11.5 Å². The Morgan fingerprint density at radius 3 is 3.27 bits per heavy atom. The van der Waals surface area contributed by atoms with E-state index in [1.165, 1.54) is 61.7 Å². The van der Waals surface area contributed by atoms with Crippen molar-refractivity contribution in [1.29, 1.82) is 0 Å². The summed E-state index contributed by atoms with van der Waals surface area (Å²) in [5.74, 6) is 4.94. The third-order valence-corrected chi connectivity index (χ3v) is 4.71. The van der Waals surface area contributed by atoms with Crippen LogP contribution in [0, 0.1) is 5.92 Å². The number of hydrogen-bond donors (Lipinski definition) is 0. The molecule has 0 aliphatic carbocycles. The number of aryl methyl sites for hydroxylation is 2. The second-order valence-corrected chi connectivity index (χ2v) is 5.88. The molecule has 0 aromatic carbocycles.